The van der Waals surface area contributed by atoms with Gasteiger partial charge in [-0.3, -0.25) is 4.79 Å². The number of unbranched alkanes of at least 4 members (excludes halogenated alkanes) is 1. The molecule has 1 amide bonds. The van der Waals surface area contributed by atoms with E-state index in [0.717, 1.165) is 38.5 Å². The van der Waals surface area contributed by atoms with E-state index in [1.165, 1.54) is 18.2 Å². The molecule has 0 radical (unpaired) electrons. The number of sulfonamides is 1. The highest BCUT2D eigenvalue weighted by atomic mass is 35.5. The SMILES string of the molecule is CCCCC1CCCC1NC(=O)c1cc(S(=O)(=O)NC(C)C)ccc1Cl. The Morgan fingerprint density at radius 3 is 2.69 bits per heavy atom. The Morgan fingerprint density at radius 1 is 1.31 bits per heavy atom. The molecule has 1 fully saturated rings. The van der Waals surface area contributed by atoms with Crippen LogP contribution in [0.2, 0.25) is 5.02 Å². The molecule has 146 valence electrons. The number of carbonyl (C=O) groups is 1. The van der Waals surface area contributed by atoms with Crippen molar-refractivity contribution in [2.45, 2.75) is 76.3 Å². The number of hydrogen-bond donors (Lipinski definition) is 2. The number of amides is 1. The third-order valence-corrected chi connectivity index (χ3v) is 6.77. The molecule has 1 saturated carbocycles. The fourth-order valence-corrected chi connectivity index (χ4v) is 4.99. The summed E-state index contributed by atoms with van der Waals surface area (Å²) in [4.78, 5) is 12.8. The average Bonchev–Trinajstić information content (AvgIpc) is 2.98. The van der Waals surface area contributed by atoms with E-state index in [1.54, 1.807) is 13.8 Å². The van der Waals surface area contributed by atoms with Crippen molar-refractivity contribution in [3.63, 3.8) is 0 Å². The Kier molecular flexibility index (Phi) is 7.50. The monoisotopic (exact) mass is 400 g/mol. The molecular weight excluding hydrogens is 372 g/mol. The van der Waals surface area contributed by atoms with Gasteiger partial charge in [0.05, 0.1) is 15.5 Å². The predicted molar refractivity (Wildman–Crippen MR) is 105 cm³/mol. The van der Waals surface area contributed by atoms with Gasteiger partial charge in [0, 0.05) is 12.1 Å². The summed E-state index contributed by atoms with van der Waals surface area (Å²) < 4.78 is 27.2. The molecule has 0 aliphatic heterocycles. The number of rotatable bonds is 8. The van der Waals surface area contributed by atoms with Crippen LogP contribution < -0.4 is 10.0 Å². The predicted octanol–water partition coefficient (Wildman–Crippen LogP) is 4.12. The maximum absolute atomic E-state index is 12.7. The van der Waals surface area contributed by atoms with Crippen LogP contribution >= 0.6 is 11.6 Å². The maximum Gasteiger partial charge on any atom is 0.253 e. The number of nitrogens with one attached hydrogen (secondary N) is 2. The molecule has 1 aromatic rings. The second-order valence-electron chi connectivity index (χ2n) is 7.33. The normalized spacial score (nSPS) is 20.5. The van der Waals surface area contributed by atoms with Crippen molar-refractivity contribution in [1.29, 1.82) is 0 Å². The molecule has 2 rings (SSSR count). The van der Waals surface area contributed by atoms with Crippen LogP contribution in [-0.2, 0) is 10.0 Å². The minimum Gasteiger partial charge on any atom is -0.349 e. The molecule has 0 aromatic heterocycles. The Morgan fingerprint density at radius 2 is 2.04 bits per heavy atom. The molecule has 0 bridgehead atoms. The molecule has 7 heteroatoms. The second kappa shape index (κ2) is 9.20. The van der Waals surface area contributed by atoms with Crippen molar-refractivity contribution < 1.29 is 13.2 Å². The maximum atomic E-state index is 12.7. The van der Waals surface area contributed by atoms with Gasteiger partial charge < -0.3 is 5.32 Å². The van der Waals surface area contributed by atoms with E-state index in [4.69, 9.17) is 11.6 Å². The van der Waals surface area contributed by atoms with Gasteiger partial charge in [0.25, 0.3) is 5.91 Å². The van der Waals surface area contributed by atoms with Gasteiger partial charge >= 0.3 is 0 Å². The Bertz CT molecular complexity index is 734. The zero-order valence-electron chi connectivity index (χ0n) is 15.7. The standard InChI is InChI=1S/C19H29ClN2O3S/c1-4-5-7-14-8-6-9-18(14)21-19(23)16-12-15(10-11-17(16)20)26(24,25)22-13(2)3/h10-14,18,22H,4-9H2,1-3H3,(H,21,23). The van der Waals surface area contributed by atoms with Crippen molar-refractivity contribution >= 4 is 27.5 Å². The number of hydrogen-bond acceptors (Lipinski definition) is 3. The van der Waals surface area contributed by atoms with E-state index >= 15 is 0 Å². The van der Waals surface area contributed by atoms with Crippen molar-refractivity contribution in [3.05, 3.63) is 28.8 Å². The number of benzene rings is 1. The number of halogens is 1. The lowest BCUT2D eigenvalue weighted by molar-refractivity contribution is 0.0926. The molecular formula is C19H29ClN2O3S. The molecule has 1 aromatic carbocycles. The van der Waals surface area contributed by atoms with Crippen LogP contribution in [0.25, 0.3) is 0 Å². The van der Waals surface area contributed by atoms with Crippen molar-refractivity contribution in [1.82, 2.24) is 10.0 Å². The molecule has 0 heterocycles. The van der Waals surface area contributed by atoms with Crippen molar-refractivity contribution in [2.75, 3.05) is 0 Å². The van der Waals surface area contributed by atoms with Crippen LogP contribution in [-0.4, -0.2) is 26.4 Å². The van der Waals surface area contributed by atoms with Gasteiger partial charge in [-0.25, -0.2) is 13.1 Å². The van der Waals surface area contributed by atoms with Crippen LogP contribution in [0.5, 0.6) is 0 Å². The highest BCUT2D eigenvalue weighted by Gasteiger charge is 2.29. The highest BCUT2D eigenvalue weighted by molar-refractivity contribution is 7.89. The van der Waals surface area contributed by atoms with Crippen LogP contribution in [0.3, 0.4) is 0 Å². The van der Waals surface area contributed by atoms with Gasteiger partial charge in [-0.15, -0.1) is 0 Å². The molecule has 2 atom stereocenters. The minimum atomic E-state index is -3.67. The van der Waals surface area contributed by atoms with Gasteiger partial charge in [-0.05, 0) is 57.2 Å². The smallest absolute Gasteiger partial charge is 0.253 e. The van der Waals surface area contributed by atoms with Crippen LogP contribution in [0, 0.1) is 5.92 Å². The lowest BCUT2D eigenvalue weighted by Crippen LogP contribution is -2.37. The summed E-state index contributed by atoms with van der Waals surface area (Å²) >= 11 is 6.18. The van der Waals surface area contributed by atoms with Gasteiger partial charge in [0.1, 0.15) is 0 Å². The second-order valence-corrected chi connectivity index (χ2v) is 9.45. The number of carbonyl (C=O) groups excluding carboxylic acids is 1. The minimum absolute atomic E-state index is 0.0507. The molecule has 26 heavy (non-hydrogen) atoms. The molecule has 5 nitrogen and oxygen atoms in total. The van der Waals surface area contributed by atoms with Crippen molar-refractivity contribution in [3.8, 4) is 0 Å². The zero-order chi connectivity index (χ0) is 19.3. The third-order valence-electron chi connectivity index (χ3n) is 4.79. The summed E-state index contributed by atoms with van der Waals surface area (Å²) in [6, 6.07) is 4.15. The summed E-state index contributed by atoms with van der Waals surface area (Å²) in [6.45, 7) is 5.66. The molecule has 2 N–H and O–H groups in total. The fourth-order valence-electron chi connectivity index (χ4n) is 3.51. The van der Waals surface area contributed by atoms with Gasteiger partial charge in [-0.2, -0.15) is 0 Å². The first kappa shape index (κ1) is 21.2. The zero-order valence-corrected chi connectivity index (χ0v) is 17.3. The molecule has 0 spiro atoms. The first-order valence-electron chi connectivity index (χ1n) is 9.37. The fraction of sp³-hybridized carbons (Fsp3) is 0.632. The summed E-state index contributed by atoms with van der Waals surface area (Å²) in [7, 11) is -3.67. The molecule has 2 unspecified atom stereocenters. The van der Waals surface area contributed by atoms with Gasteiger partial charge in [0.15, 0.2) is 0 Å². The van der Waals surface area contributed by atoms with E-state index < -0.39 is 10.0 Å². The Balaban J connectivity index is 2.17. The summed E-state index contributed by atoms with van der Waals surface area (Å²) in [5, 5.41) is 3.33. The van der Waals surface area contributed by atoms with Gasteiger partial charge in [0.2, 0.25) is 10.0 Å². The van der Waals surface area contributed by atoms with Gasteiger partial charge in [-0.1, -0.05) is 37.8 Å². The van der Waals surface area contributed by atoms with Crippen LogP contribution in [0.15, 0.2) is 23.1 Å². The first-order chi connectivity index (χ1) is 12.2. The summed E-state index contributed by atoms with van der Waals surface area (Å²) in [5.41, 5.74) is 0.208. The van der Waals surface area contributed by atoms with E-state index in [1.807, 2.05) is 0 Å². The van der Waals surface area contributed by atoms with E-state index in [9.17, 15) is 13.2 Å². The summed E-state index contributed by atoms with van der Waals surface area (Å²) in [6.07, 6.45) is 6.62. The lowest BCUT2D eigenvalue weighted by Gasteiger charge is -2.21. The van der Waals surface area contributed by atoms with Crippen LogP contribution in [0.1, 0.15) is 69.7 Å². The largest absolute Gasteiger partial charge is 0.349 e. The lowest BCUT2D eigenvalue weighted by atomic mass is 9.96. The molecule has 1 aliphatic carbocycles. The summed E-state index contributed by atoms with van der Waals surface area (Å²) in [5.74, 6) is 0.192. The molecule has 0 saturated heterocycles. The molecule has 1 aliphatic rings. The Hall–Kier alpha value is -1.11. The van der Waals surface area contributed by atoms with Crippen LogP contribution in [0.4, 0.5) is 0 Å². The van der Waals surface area contributed by atoms with Crippen molar-refractivity contribution in [2.24, 2.45) is 5.92 Å². The quantitative estimate of drug-likeness (QED) is 0.689. The first-order valence-corrected chi connectivity index (χ1v) is 11.2. The van der Waals surface area contributed by atoms with E-state index in [-0.39, 0.29) is 33.5 Å². The van der Waals surface area contributed by atoms with E-state index in [2.05, 4.69) is 17.0 Å². The highest BCUT2D eigenvalue weighted by Crippen LogP contribution is 2.30. The Labute approximate surface area is 161 Å². The topological polar surface area (TPSA) is 75.3 Å². The van der Waals surface area contributed by atoms with E-state index in [0.29, 0.717) is 5.92 Å². The third kappa shape index (κ3) is 5.44. The average molecular weight is 401 g/mol.